The average molecular weight is 1030 g/mol. The zero-order valence-corrected chi connectivity index (χ0v) is 46.8. The lowest BCUT2D eigenvalue weighted by molar-refractivity contribution is 0.483. The van der Waals surface area contributed by atoms with Crippen molar-refractivity contribution >= 4 is 76.1 Å². The van der Waals surface area contributed by atoms with E-state index in [1.54, 1.807) is 0 Å². The van der Waals surface area contributed by atoms with Crippen molar-refractivity contribution in [3.8, 4) is 50.7 Å². The summed E-state index contributed by atoms with van der Waals surface area (Å²) >= 11 is 1.87. The monoisotopic (exact) mass is 1030 g/mol. The molecule has 0 radical (unpaired) electrons. The fourth-order valence-corrected chi connectivity index (χ4v) is 13.2. The highest BCUT2D eigenvalue weighted by Gasteiger charge is 2.33. The van der Waals surface area contributed by atoms with E-state index in [2.05, 4.69) is 283 Å². The lowest BCUT2D eigenvalue weighted by atomic mass is 9.74. The molecular formula is C72H64N4OS. The third-order valence-corrected chi connectivity index (χ3v) is 16.9. The fraction of sp³-hybridized carbons (Fsp3) is 0.181. The molecule has 13 rings (SSSR count). The van der Waals surface area contributed by atoms with E-state index >= 15 is 0 Å². The van der Waals surface area contributed by atoms with Crippen molar-refractivity contribution in [2.75, 3.05) is 16.5 Å². The Morgan fingerprint density at radius 1 is 0.462 bits per heavy atom. The fourth-order valence-electron chi connectivity index (χ4n) is 11.9. The molecule has 0 amide bonds. The highest BCUT2D eigenvalue weighted by atomic mass is 32.1. The molecule has 1 aliphatic rings. The van der Waals surface area contributed by atoms with Crippen LogP contribution in [0.1, 0.15) is 79.0 Å². The molecule has 6 heteroatoms. The number of hydrogen-bond acceptors (Lipinski definition) is 5. The van der Waals surface area contributed by atoms with Gasteiger partial charge < -0.3 is 14.5 Å². The Morgan fingerprint density at radius 3 is 1.74 bits per heavy atom. The van der Waals surface area contributed by atoms with Crippen LogP contribution in [-0.2, 0) is 16.2 Å². The van der Waals surface area contributed by atoms with Crippen molar-refractivity contribution in [2.24, 2.45) is 0 Å². The van der Waals surface area contributed by atoms with Crippen molar-refractivity contribution in [1.82, 2.24) is 9.55 Å². The van der Waals surface area contributed by atoms with Gasteiger partial charge in [0, 0.05) is 66.1 Å². The summed E-state index contributed by atoms with van der Waals surface area (Å²) in [4.78, 5) is 10.1. The standard InChI is InChI=1S/C72H64N4OS/c1-70(2,3)49-38-39-73-65(42-49)76-62-37-36-56-55-26-16-19-33-64(55)78-69(56)67(62)57-35-34-51(44-63(57)76)77-52-41-48(66-58(71(4,5)6)29-21-30-59(66)72(7,8)9)40-50(43-52)74-45-75(61-32-18-17-31-60(61)74)68-53(46-22-12-10-13-23-46)27-20-28-54(68)47-24-14-11-15-25-47/h10-44H,45H2,1-9H3. The van der Waals surface area contributed by atoms with Crippen LogP contribution in [0.5, 0.6) is 11.5 Å². The molecule has 0 aliphatic carbocycles. The Bertz CT molecular complexity index is 4190. The number of rotatable bonds is 8. The van der Waals surface area contributed by atoms with E-state index in [1.165, 1.54) is 81.1 Å². The van der Waals surface area contributed by atoms with E-state index in [9.17, 15) is 0 Å². The van der Waals surface area contributed by atoms with Gasteiger partial charge in [0.1, 0.15) is 24.0 Å². The first-order valence-electron chi connectivity index (χ1n) is 27.3. The number of fused-ring (bicyclic) bond motifs is 8. The van der Waals surface area contributed by atoms with Gasteiger partial charge in [0.25, 0.3) is 0 Å². The van der Waals surface area contributed by atoms with Gasteiger partial charge in [-0.25, -0.2) is 4.98 Å². The van der Waals surface area contributed by atoms with Gasteiger partial charge in [-0.05, 0) is 116 Å². The van der Waals surface area contributed by atoms with Gasteiger partial charge >= 0.3 is 0 Å². The highest BCUT2D eigenvalue weighted by molar-refractivity contribution is 7.26. The van der Waals surface area contributed by atoms with Gasteiger partial charge in [0.05, 0.1) is 28.1 Å². The van der Waals surface area contributed by atoms with Crippen LogP contribution in [0.3, 0.4) is 0 Å². The molecule has 5 nitrogen and oxygen atoms in total. The van der Waals surface area contributed by atoms with Crippen LogP contribution in [0.15, 0.2) is 212 Å². The molecule has 0 bridgehead atoms. The normalized spacial score (nSPS) is 13.1. The number of pyridine rings is 1. The number of benzene rings is 9. The number of nitrogens with zero attached hydrogens (tertiary/aromatic N) is 4. The molecule has 3 aromatic heterocycles. The van der Waals surface area contributed by atoms with Crippen molar-refractivity contribution in [3.05, 3.63) is 229 Å². The maximum atomic E-state index is 7.38. The number of hydrogen-bond donors (Lipinski definition) is 0. The van der Waals surface area contributed by atoms with Crippen LogP contribution in [0, 0.1) is 0 Å². The molecule has 1 aliphatic heterocycles. The molecule has 0 atom stereocenters. The van der Waals surface area contributed by atoms with Crippen LogP contribution in [0.4, 0.5) is 22.7 Å². The van der Waals surface area contributed by atoms with E-state index in [-0.39, 0.29) is 16.2 Å². The van der Waals surface area contributed by atoms with E-state index < -0.39 is 0 Å². The second kappa shape index (κ2) is 18.6. The number of aromatic nitrogens is 2. The molecule has 0 saturated carbocycles. The molecule has 12 aromatic rings. The highest BCUT2D eigenvalue weighted by Crippen LogP contribution is 2.52. The van der Waals surface area contributed by atoms with E-state index in [0.29, 0.717) is 6.67 Å². The maximum Gasteiger partial charge on any atom is 0.137 e. The minimum Gasteiger partial charge on any atom is -0.457 e. The summed E-state index contributed by atoms with van der Waals surface area (Å²) in [5.74, 6) is 2.40. The first kappa shape index (κ1) is 49.1. The van der Waals surface area contributed by atoms with Crippen LogP contribution in [-0.4, -0.2) is 16.2 Å². The van der Waals surface area contributed by atoms with Gasteiger partial charge in [-0.3, -0.25) is 4.57 Å². The lowest BCUT2D eigenvalue weighted by Crippen LogP contribution is -2.25. The van der Waals surface area contributed by atoms with Crippen LogP contribution in [0.2, 0.25) is 0 Å². The molecule has 0 N–H and O–H groups in total. The van der Waals surface area contributed by atoms with E-state index in [4.69, 9.17) is 9.72 Å². The Balaban J connectivity index is 1.02. The van der Waals surface area contributed by atoms with Crippen molar-refractivity contribution in [3.63, 3.8) is 0 Å². The Labute approximate surface area is 462 Å². The second-order valence-corrected chi connectivity index (χ2v) is 25.1. The van der Waals surface area contributed by atoms with Gasteiger partial charge in [0.15, 0.2) is 0 Å². The molecule has 78 heavy (non-hydrogen) atoms. The smallest absolute Gasteiger partial charge is 0.137 e. The van der Waals surface area contributed by atoms with Crippen LogP contribution >= 0.6 is 11.3 Å². The second-order valence-electron chi connectivity index (χ2n) is 24.1. The quantitative estimate of drug-likeness (QED) is 0.152. The summed E-state index contributed by atoms with van der Waals surface area (Å²) in [6.07, 6.45) is 1.96. The molecule has 0 unspecified atom stereocenters. The topological polar surface area (TPSA) is 33.5 Å². The summed E-state index contributed by atoms with van der Waals surface area (Å²) in [5.41, 5.74) is 17.2. The number of para-hydroxylation sites is 3. The number of ether oxygens (including phenoxy) is 1. The first-order valence-corrected chi connectivity index (χ1v) is 28.1. The van der Waals surface area contributed by atoms with Gasteiger partial charge in [-0.1, -0.05) is 196 Å². The zero-order chi connectivity index (χ0) is 53.7. The molecule has 0 fully saturated rings. The van der Waals surface area contributed by atoms with Gasteiger partial charge in [0.2, 0.25) is 0 Å². The van der Waals surface area contributed by atoms with Crippen molar-refractivity contribution in [1.29, 1.82) is 0 Å². The molecule has 0 spiro atoms. The van der Waals surface area contributed by atoms with Crippen molar-refractivity contribution < 1.29 is 4.74 Å². The zero-order valence-electron chi connectivity index (χ0n) is 46.0. The predicted molar refractivity (Wildman–Crippen MR) is 332 cm³/mol. The van der Waals surface area contributed by atoms with Gasteiger partial charge in [-0.2, -0.15) is 0 Å². The predicted octanol–water partition coefficient (Wildman–Crippen LogP) is 20.5. The number of anilines is 4. The Hall–Kier alpha value is -8.45. The largest absolute Gasteiger partial charge is 0.457 e. The maximum absolute atomic E-state index is 7.38. The molecule has 384 valence electrons. The van der Waals surface area contributed by atoms with E-state index in [1.807, 2.05) is 17.5 Å². The first-order chi connectivity index (χ1) is 37.6. The molecular weight excluding hydrogens is 969 g/mol. The average Bonchev–Trinajstić information content (AvgIpc) is 4.27. The molecule has 4 heterocycles. The Kier molecular flexibility index (Phi) is 11.7. The summed E-state index contributed by atoms with van der Waals surface area (Å²) in [7, 11) is 0. The minimum atomic E-state index is -0.143. The third kappa shape index (κ3) is 8.51. The lowest BCUT2D eigenvalue weighted by Gasteiger charge is -2.31. The molecule has 0 saturated heterocycles. The molecule has 9 aromatic carbocycles. The number of thiophene rings is 1. The Morgan fingerprint density at radius 2 is 1.08 bits per heavy atom. The SMILES string of the molecule is CC(C)(C)c1ccnc(-n2c3cc(Oc4cc(-c5c(C(C)(C)C)cccc5C(C)(C)C)cc(N5CN(c6c(-c7ccccc7)cccc6-c6ccccc6)c6ccccc65)c4)ccc3c3c4sc5ccccc5c4ccc32)c1. The minimum absolute atomic E-state index is 0.0625. The summed E-state index contributed by atoms with van der Waals surface area (Å²) in [5, 5.41) is 4.96. The van der Waals surface area contributed by atoms with Crippen LogP contribution < -0.4 is 14.5 Å². The summed E-state index contributed by atoms with van der Waals surface area (Å²) in [6, 6.07) is 75.4. The summed E-state index contributed by atoms with van der Waals surface area (Å²) < 4.78 is 12.3. The summed E-state index contributed by atoms with van der Waals surface area (Å²) in [6.45, 7) is 21.4. The van der Waals surface area contributed by atoms with Crippen LogP contribution in [0.25, 0.3) is 81.2 Å². The van der Waals surface area contributed by atoms with Gasteiger partial charge in [-0.15, -0.1) is 11.3 Å². The third-order valence-electron chi connectivity index (χ3n) is 15.7. The van der Waals surface area contributed by atoms with E-state index in [0.717, 1.165) is 51.0 Å². The van der Waals surface area contributed by atoms with Crippen molar-refractivity contribution in [2.45, 2.75) is 78.6 Å².